The number of anilines is 2. The quantitative estimate of drug-likeness (QED) is 0.0415. The first kappa shape index (κ1) is 38.7. The van der Waals surface area contributed by atoms with Gasteiger partial charge in [0.15, 0.2) is 0 Å². The number of aliphatic imine (C=N–C) groups is 1. The zero-order chi connectivity index (χ0) is 37.9. The molecule has 1 amide bonds. The number of piperidine rings is 1. The van der Waals surface area contributed by atoms with Crippen LogP contribution in [0.15, 0.2) is 47.5 Å². The molecule has 0 atom stereocenters. The Morgan fingerprint density at radius 1 is 1.11 bits per heavy atom. The van der Waals surface area contributed by atoms with E-state index < -0.39 is 0 Å². The molecule has 0 unspecified atom stereocenters. The van der Waals surface area contributed by atoms with Crippen LogP contribution in [0.5, 0.6) is 11.5 Å². The lowest BCUT2D eigenvalue weighted by atomic mass is 10.1. The zero-order valence-corrected chi connectivity index (χ0v) is 31.0. The molecule has 1 saturated heterocycles. The van der Waals surface area contributed by atoms with Crippen LogP contribution in [0.2, 0.25) is 0 Å². The van der Waals surface area contributed by atoms with Crippen LogP contribution in [0.4, 0.5) is 17.3 Å². The van der Waals surface area contributed by atoms with Crippen molar-refractivity contribution in [2.24, 2.45) is 10.7 Å². The minimum atomic E-state index is -0.288. The Hall–Kier alpha value is -5.54. The number of ether oxygens (including phenoxy) is 2. The van der Waals surface area contributed by atoms with Gasteiger partial charge in [0, 0.05) is 50.4 Å². The number of imidazole rings is 1. The number of aldehydes is 2. The van der Waals surface area contributed by atoms with E-state index in [0.717, 1.165) is 62.7 Å². The average molecular weight is 727 g/mol. The number of nitrogens with two attached hydrogens (primary N) is 1. The van der Waals surface area contributed by atoms with Crippen molar-refractivity contribution in [2.75, 3.05) is 63.8 Å². The summed E-state index contributed by atoms with van der Waals surface area (Å²) >= 11 is 0. The van der Waals surface area contributed by atoms with E-state index in [1.165, 1.54) is 7.11 Å². The molecular formula is C38H50N10O5. The summed E-state index contributed by atoms with van der Waals surface area (Å²) in [4.78, 5) is 50.1. The van der Waals surface area contributed by atoms with Gasteiger partial charge in [0.2, 0.25) is 5.95 Å². The van der Waals surface area contributed by atoms with Crippen molar-refractivity contribution in [1.29, 1.82) is 0 Å². The van der Waals surface area contributed by atoms with Gasteiger partial charge >= 0.3 is 0 Å². The lowest BCUT2D eigenvalue weighted by Crippen LogP contribution is -2.40. The highest BCUT2D eigenvalue weighted by molar-refractivity contribution is 5.93. The minimum Gasteiger partial charge on any atom is -0.494 e. The van der Waals surface area contributed by atoms with Gasteiger partial charge in [-0.1, -0.05) is 12.2 Å². The van der Waals surface area contributed by atoms with E-state index in [9.17, 15) is 14.4 Å². The molecule has 2 aromatic heterocycles. The minimum absolute atomic E-state index is 0.0862. The van der Waals surface area contributed by atoms with E-state index in [-0.39, 0.29) is 18.6 Å². The standard InChI is InChI=1S/C38H50N10O5/c1-6-48-32(18-26(2)44-48)37(51)42-25-46(35-30(40-3)19-27(23-49)21-33(35)52-5)13-7-8-14-47-36-31(43-38(47)41-4)20-28(24-50)22-34(36)53-17-9-12-45-15-10-29(39)11-16-45/h7-8,18-24,29H,3,6,9-17,25,39H2,1-2,4-5H3,(H,41,43)(H,42,51)/b8-7+. The van der Waals surface area contributed by atoms with Crippen molar-refractivity contribution < 1.29 is 23.9 Å². The van der Waals surface area contributed by atoms with Crippen LogP contribution >= 0.6 is 0 Å². The van der Waals surface area contributed by atoms with Crippen molar-refractivity contribution >= 4 is 53.6 Å². The van der Waals surface area contributed by atoms with E-state index >= 15 is 0 Å². The first-order valence-corrected chi connectivity index (χ1v) is 17.9. The first-order valence-electron chi connectivity index (χ1n) is 17.9. The van der Waals surface area contributed by atoms with Crippen LogP contribution in [0.3, 0.4) is 0 Å². The van der Waals surface area contributed by atoms with Crippen LogP contribution in [0, 0.1) is 6.92 Å². The number of fused-ring (bicyclic) bond motifs is 1. The number of hydrogen-bond acceptors (Lipinski definition) is 12. The monoisotopic (exact) mass is 726 g/mol. The maximum Gasteiger partial charge on any atom is 0.270 e. The highest BCUT2D eigenvalue weighted by Crippen LogP contribution is 2.39. The summed E-state index contributed by atoms with van der Waals surface area (Å²) in [7, 11) is 3.31. The van der Waals surface area contributed by atoms with Crippen molar-refractivity contribution in [3.8, 4) is 11.5 Å². The number of allylic oxidation sites excluding steroid dienone is 1. The van der Waals surface area contributed by atoms with Crippen LogP contribution in [-0.2, 0) is 13.1 Å². The summed E-state index contributed by atoms with van der Waals surface area (Å²) in [5.41, 5.74) is 10.5. The molecular weight excluding hydrogens is 676 g/mol. The lowest BCUT2D eigenvalue weighted by Gasteiger charge is -2.29. The smallest absolute Gasteiger partial charge is 0.270 e. The Kier molecular flexibility index (Phi) is 13.3. The fourth-order valence-corrected chi connectivity index (χ4v) is 6.56. The van der Waals surface area contributed by atoms with Gasteiger partial charge in [-0.15, -0.1) is 0 Å². The van der Waals surface area contributed by atoms with E-state index in [2.05, 4.69) is 32.3 Å². The third-order valence-electron chi connectivity index (χ3n) is 9.26. The molecule has 1 aliphatic rings. The van der Waals surface area contributed by atoms with Gasteiger partial charge in [0.05, 0.1) is 37.3 Å². The molecule has 5 rings (SSSR count). The van der Waals surface area contributed by atoms with Crippen molar-refractivity contribution in [2.45, 2.75) is 52.2 Å². The molecule has 4 aromatic rings. The number of methoxy groups -OCH3 is 1. The number of nitrogens with one attached hydrogen (secondary N) is 2. The summed E-state index contributed by atoms with van der Waals surface area (Å²) in [5.74, 6) is 1.31. The molecule has 53 heavy (non-hydrogen) atoms. The predicted molar refractivity (Wildman–Crippen MR) is 207 cm³/mol. The molecule has 2 aromatic carbocycles. The lowest BCUT2D eigenvalue weighted by molar-refractivity contribution is 0.0942. The highest BCUT2D eigenvalue weighted by atomic mass is 16.5. The molecule has 15 nitrogen and oxygen atoms in total. The van der Waals surface area contributed by atoms with E-state index in [0.29, 0.717) is 77.4 Å². The SMILES string of the molecule is C=Nc1cc(C=O)cc(OC)c1N(C/C=C/Cn1c(NC)nc2cc(C=O)cc(OCCCN3CCC(N)CC3)c21)CNC(=O)c1cc(C)nn1CC. The molecule has 282 valence electrons. The van der Waals surface area contributed by atoms with Gasteiger partial charge in [0.25, 0.3) is 5.91 Å². The largest absolute Gasteiger partial charge is 0.494 e. The number of aryl methyl sites for hydroxylation is 2. The fraction of sp³-hybridized carbons (Fsp3) is 0.421. The maximum atomic E-state index is 13.3. The maximum absolute atomic E-state index is 13.3. The second kappa shape index (κ2) is 18.3. The number of carbonyl (C=O) groups excluding carboxylic acids is 3. The van der Waals surface area contributed by atoms with Crippen molar-refractivity contribution in [3.05, 3.63) is 65.0 Å². The van der Waals surface area contributed by atoms with Crippen LogP contribution in [-0.4, -0.2) is 109 Å². The molecule has 0 saturated carbocycles. The van der Waals surface area contributed by atoms with E-state index in [1.807, 2.05) is 35.5 Å². The summed E-state index contributed by atoms with van der Waals surface area (Å²) in [6.45, 7) is 12.2. The second-order valence-electron chi connectivity index (χ2n) is 12.9. The van der Waals surface area contributed by atoms with Gasteiger partial charge in [-0.3, -0.25) is 24.1 Å². The van der Waals surface area contributed by atoms with Crippen LogP contribution < -0.4 is 30.7 Å². The number of nitrogens with zero attached hydrogens (tertiary/aromatic N) is 7. The second-order valence-corrected chi connectivity index (χ2v) is 12.9. The van der Waals surface area contributed by atoms with Crippen molar-refractivity contribution in [1.82, 2.24) is 29.5 Å². The topological polar surface area (TPSA) is 174 Å². The molecule has 1 fully saturated rings. The number of rotatable bonds is 19. The Morgan fingerprint density at radius 2 is 1.85 bits per heavy atom. The van der Waals surface area contributed by atoms with E-state index in [1.54, 1.807) is 42.1 Å². The number of benzene rings is 2. The molecule has 0 bridgehead atoms. The Morgan fingerprint density at radius 3 is 2.53 bits per heavy atom. The number of likely N-dealkylation sites (tertiary alicyclic amines) is 1. The van der Waals surface area contributed by atoms with E-state index in [4.69, 9.17) is 20.2 Å². The van der Waals surface area contributed by atoms with Gasteiger partial charge in [-0.2, -0.15) is 5.10 Å². The van der Waals surface area contributed by atoms with Crippen LogP contribution in [0.1, 0.15) is 63.1 Å². The molecule has 1 aliphatic heterocycles. The summed E-state index contributed by atoms with van der Waals surface area (Å²) < 4.78 is 15.7. The summed E-state index contributed by atoms with van der Waals surface area (Å²) in [6.07, 6.45) is 8.31. The normalized spacial score (nSPS) is 13.7. The number of hydrogen-bond donors (Lipinski definition) is 3. The van der Waals surface area contributed by atoms with Gasteiger partial charge < -0.3 is 40.2 Å². The third kappa shape index (κ3) is 9.28. The Labute approximate surface area is 309 Å². The average Bonchev–Trinajstić information content (AvgIpc) is 3.75. The molecule has 0 spiro atoms. The van der Waals surface area contributed by atoms with Gasteiger partial charge in [-0.25, -0.2) is 4.98 Å². The molecule has 0 aliphatic carbocycles. The third-order valence-corrected chi connectivity index (χ3v) is 9.26. The number of aromatic nitrogens is 4. The highest BCUT2D eigenvalue weighted by Gasteiger charge is 2.21. The molecule has 3 heterocycles. The molecule has 4 N–H and O–H groups in total. The fourth-order valence-electron chi connectivity index (χ4n) is 6.56. The zero-order valence-electron chi connectivity index (χ0n) is 31.0. The summed E-state index contributed by atoms with van der Waals surface area (Å²) in [6, 6.07) is 8.79. The van der Waals surface area contributed by atoms with Crippen molar-refractivity contribution in [3.63, 3.8) is 0 Å². The molecule has 15 heteroatoms. The van der Waals surface area contributed by atoms with Gasteiger partial charge in [0.1, 0.15) is 41.0 Å². The first-order chi connectivity index (χ1) is 25.7. The van der Waals surface area contributed by atoms with Crippen LogP contribution in [0.25, 0.3) is 11.0 Å². The Bertz CT molecular complexity index is 1940. The Balaban J connectivity index is 1.38. The van der Waals surface area contributed by atoms with Gasteiger partial charge in [-0.05, 0) is 83.2 Å². The summed E-state index contributed by atoms with van der Waals surface area (Å²) in [5, 5.41) is 10.6. The predicted octanol–water partition coefficient (Wildman–Crippen LogP) is 4.21. The number of carbonyl (C=O) groups is 3. The number of amides is 1. The molecule has 0 radical (unpaired) electrons.